The molecule has 11 heteroatoms. The Bertz CT molecular complexity index is 926. The second kappa shape index (κ2) is 7.89. The van der Waals surface area contributed by atoms with Crippen LogP contribution in [0.2, 0.25) is 0 Å². The van der Waals surface area contributed by atoms with Gasteiger partial charge in [0.15, 0.2) is 0 Å². The number of amidine groups is 1. The maximum Gasteiger partial charge on any atom is 0.264 e. The number of nitrogens with one attached hydrogen (secondary N) is 1. The lowest BCUT2D eigenvalue weighted by molar-refractivity contribution is -0.0341. The summed E-state index contributed by atoms with van der Waals surface area (Å²) in [4.78, 5) is 18.5. The fraction of sp³-hybridized carbons (Fsp3) is 0.667. The number of halogens is 2. The Labute approximate surface area is 184 Å². The van der Waals surface area contributed by atoms with Crippen LogP contribution >= 0.6 is 0 Å². The molecule has 4 saturated heterocycles. The minimum atomic E-state index is -2.69. The first-order valence-corrected chi connectivity index (χ1v) is 11.3. The van der Waals surface area contributed by atoms with Crippen LogP contribution in [0.4, 0.5) is 14.6 Å². The summed E-state index contributed by atoms with van der Waals surface area (Å²) in [5, 5.41) is 3.27. The maximum absolute atomic E-state index is 13.9. The number of aliphatic imine (C=N–C) groups is 2. The van der Waals surface area contributed by atoms with Crippen molar-refractivity contribution in [2.24, 2.45) is 9.98 Å². The van der Waals surface area contributed by atoms with E-state index in [1.54, 1.807) is 0 Å². The Balaban J connectivity index is 1.41. The second-order valence-corrected chi connectivity index (χ2v) is 9.10. The third kappa shape index (κ3) is 3.34. The monoisotopic (exact) mass is 447 g/mol. The normalized spacial score (nSPS) is 34.5. The summed E-state index contributed by atoms with van der Waals surface area (Å²) in [6, 6.07) is 2.13. The summed E-state index contributed by atoms with van der Waals surface area (Å²) in [5.74, 6) is 1.10. The van der Waals surface area contributed by atoms with Crippen LogP contribution in [-0.4, -0.2) is 83.5 Å². The number of morpholine rings is 2. The van der Waals surface area contributed by atoms with Crippen molar-refractivity contribution in [2.75, 3.05) is 32.2 Å². The third-order valence-corrected chi connectivity index (χ3v) is 7.21. The highest BCUT2D eigenvalue weighted by atomic mass is 19.3. The zero-order chi connectivity index (χ0) is 21.8. The quantitative estimate of drug-likeness (QED) is 0.721. The highest BCUT2D eigenvalue weighted by Gasteiger charge is 2.45. The number of hydrogen-bond acceptors (Lipinski definition) is 9. The van der Waals surface area contributed by atoms with E-state index in [0.717, 1.165) is 25.7 Å². The fourth-order valence-corrected chi connectivity index (χ4v) is 5.70. The molecule has 0 spiro atoms. The molecule has 4 bridgehead atoms. The number of hydrogen-bond donors (Lipinski definition) is 2. The number of aromatic nitrogens is 1. The Kier molecular flexibility index (Phi) is 4.99. The molecule has 9 nitrogen and oxygen atoms in total. The zero-order valence-corrected chi connectivity index (χ0v) is 17.7. The summed E-state index contributed by atoms with van der Waals surface area (Å²) in [6.07, 6.45) is 2.29. The molecule has 1 aromatic rings. The molecule has 0 aliphatic carbocycles. The topological polar surface area (TPSA) is 101 Å². The SMILES string of the molecule is Nc1cc(C(F)F)c(C2=NC(N3C4CCC3COC4)N=C(N3C4CCC3COC4)N2)cn1. The maximum atomic E-state index is 13.9. The molecule has 5 aliphatic rings. The summed E-state index contributed by atoms with van der Waals surface area (Å²) in [6.45, 7) is 2.57. The zero-order valence-electron chi connectivity index (χ0n) is 17.7. The molecule has 0 aromatic carbocycles. The van der Waals surface area contributed by atoms with Crippen molar-refractivity contribution in [2.45, 2.75) is 62.6 Å². The largest absolute Gasteiger partial charge is 0.384 e. The van der Waals surface area contributed by atoms with Crippen LogP contribution in [-0.2, 0) is 9.47 Å². The number of fused-ring (bicyclic) bond motifs is 4. The standard InChI is InChI=1S/C21H27F2N7O2/c22-18(23)15-5-17(24)25-6-16(15)19-26-20(29-11-1-2-12(29)8-31-7-11)28-21(27-19)30-13-3-4-14(30)10-32-9-13/h5-6,11-14,18,20H,1-4,7-10H2,(H2,24,25)(H,26,27,28). The van der Waals surface area contributed by atoms with Crippen LogP contribution in [0.25, 0.3) is 0 Å². The molecule has 32 heavy (non-hydrogen) atoms. The summed E-state index contributed by atoms with van der Waals surface area (Å²) in [7, 11) is 0. The van der Waals surface area contributed by atoms with Gasteiger partial charge in [0.2, 0.25) is 12.2 Å². The predicted octanol–water partition coefficient (Wildman–Crippen LogP) is 1.32. The molecule has 4 fully saturated rings. The van der Waals surface area contributed by atoms with Crippen LogP contribution in [0.15, 0.2) is 22.2 Å². The first kappa shape index (κ1) is 20.3. The van der Waals surface area contributed by atoms with Crippen molar-refractivity contribution in [1.29, 1.82) is 0 Å². The van der Waals surface area contributed by atoms with Crippen molar-refractivity contribution in [3.63, 3.8) is 0 Å². The van der Waals surface area contributed by atoms with Crippen LogP contribution in [0, 0.1) is 0 Å². The minimum Gasteiger partial charge on any atom is -0.384 e. The van der Waals surface area contributed by atoms with E-state index in [-0.39, 0.29) is 41.1 Å². The summed E-state index contributed by atoms with van der Waals surface area (Å²) >= 11 is 0. The van der Waals surface area contributed by atoms with E-state index in [1.165, 1.54) is 12.3 Å². The Morgan fingerprint density at radius 2 is 1.59 bits per heavy atom. The van der Waals surface area contributed by atoms with Gasteiger partial charge < -0.3 is 25.4 Å². The number of guanidine groups is 1. The van der Waals surface area contributed by atoms with Gasteiger partial charge in [-0.25, -0.2) is 23.7 Å². The molecule has 6 rings (SSSR count). The summed E-state index contributed by atoms with van der Waals surface area (Å²) < 4.78 is 39.2. The summed E-state index contributed by atoms with van der Waals surface area (Å²) in [5.41, 5.74) is 5.78. The number of nitrogen functional groups attached to an aromatic ring is 1. The van der Waals surface area contributed by atoms with Gasteiger partial charge >= 0.3 is 0 Å². The van der Waals surface area contributed by atoms with Crippen molar-refractivity contribution in [3.05, 3.63) is 23.4 Å². The van der Waals surface area contributed by atoms with Crippen molar-refractivity contribution >= 4 is 17.6 Å². The predicted molar refractivity (Wildman–Crippen MR) is 113 cm³/mol. The van der Waals surface area contributed by atoms with Crippen LogP contribution in [0.3, 0.4) is 0 Å². The number of nitrogens with zero attached hydrogens (tertiary/aromatic N) is 5. The van der Waals surface area contributed by atoms with Gasteiger partial charge in [-0.1, -0.05) is 0 Å². The molecule has 0 amide bonds. The molecular formula is C21H27F2N7O2. The lowest BCUT2D eigenvalue weighted by Gasteiger charge is -2.42. The number of nitrogens with two attached hydrogens (primary N) is 1. The van der Waals surface area contributed by atoms with E-state index in [4.69, 9.17) is 25.2 Å². The van der Waals surface area contributed by atoms with Crippen molar-refractivity contribution in [3.8, 4) is 0 Å². The van der Waals surface area contributed by atoms with E-state index in [0.29, 0.717) is 38.2 Å². The minimum absolute atomic E-state index is 0.0587. The van der Waals surface area contributed by atoms with Crippen LogP contribution in [0.5, 0.6) is 0 Å². The molecule has 3 N–H and O–H groups in total. The fourth-order valence-electron chi connectivity index (χ4n) is 5.70. The molecule has 172 valence electrons. The van der Waals surface area contributed by atoms with Gasteiger partial charge in [0, 0.05) is 29.4 Å². The molecule has 5 unspecified atom stereocenters. The third-order valence-electron chi connectivity index (χ3n) is 7.21. The number of ether oxygens (including phenoxy) is 2. The molecule has 0 saturated carbocycles. The Morgan fingerprint density at radius 3 is 2.25 bits per heavy atom. The Morgan fingerprint density at radius 1 is 0.969 bits per heavy atom. The van der Waals surface area contributed by atoms with E-state index >= 15 is 0 Å². The Hall–Kier alpha value is -2.37. The molecular weight excluding hydrogens is 420 g/mol. The van der Waals surface area contributed by atoms with Gasteiger partial charge in [-0.15, -0.1) is 0 Å². The van der Waals surface area contributed by atoms with E-state index in [9.17, 15) is 8.78 Å². The molecule has 1 aromatic heterocycles. The first-order valence-electron chi connectivity index (χ1n) is 11.3. The second-order valence-electron chi connectivity index (χ2n) is 9.10. The van der Waals surface area contributed by atoms with E-state index < -0.39 is 12.7 Å². The number of alkyl halides is 2. The van der Waals surface area contributed by atoms with Gasteiger partial charge in [0.25, 0.3) is 6.43 Å². The van der Waals surface area contributed by atoms with Gasteiger partial charge in [-0.2, -0.15) is 0 Å². The average Bonchev–Trinajstić information content (AvgIpc) is 3.20. The van der Waals surface area contributed by atoms with Gasteiger partial charge in [-0.3, -0.25) is 4.90 Å². The highest BCUT2D eigenvalue weighted by Crippen LogP contribution is 2.35. The van der Waals surface area contributed by atoms with E-state index in [2.05, 4.69) is 20.1 Å². The van der Waals surface area contributed by atoms with Crippen LogP contribution < -0.4 is 11.1 Å². The number of anilines is 1. The molecule has 6 heterocycles. The lowest BCUT2D eigenvalue weighted by atomic mass is 10.1. The number of rotatable bonds is 3. The average molecular weight is 447 g/mol. The van der Waals surface area contributed by atoms with Gasteiger partial charge in [0.1, 0.15) is 11.7 Å². The van der Waals surface area contributed by atoms with E-state index in [1.807, 2.05) is 0 Å². The smallest absolute Gasteiger partial charge is 0.264 e. The molecule has 0 radical (unpaired) electrons. The van der Waals surface area contributed by atoms with Gasteiger partial charge in [0.05, 0.1) is 38.5 Å². The lowest BCUT2D eigenvalue weighted by Crippen LogP contribution is -2.59. The van der Waals surface area contributed by atoms with Crippen LogP contribution in [0.1, 0.15) is 43.2 Å². The molecule has 5 aliphatic heterocycles. The number of pyridine rings is 1. The highest BCUT2D eigenvalue weighted by molar-refractivity contribution is 6.10. The van der Waals surface area contributed by atoms with Gasteiger partial charge in [-0.05, 0) is 31.7 Å². The van der Waals surface area contributed by atoms with Crippen molar-refractivity contribution < 1.29 is 18.3 Å². The first-order chi connectivity index (χ1) is 15.6. The molecule has 5 atom stereocenters. The van der Waals surface area contributed by atoms with Crippen molar-refractivity contribution in [1.82, 2.24) is 20.1 Å².